The van der Waals surface area contributed by atoms with Crippen molar-refractivity contribution >= 4 is 75.9 Å². The van der Waals surface area contributed by atoms with Crippen LogP contribution in [0.3, 0.4) is 0 Å². The van der Waals surface area contributed by atoms with Crippen LogP contribution in [0.25, 0.3) is 133 Å². The van der Waals surface area contributed by atoms with E-state index in [-0.39, 0.29) is 0 Å². The third-order valence-corrected chi connectivity index (χ3v) is 13.8. The van der Waals surface area contributed by atoms with Gasteiger partial charge < -0.3 is 4.57 Å². The van der Waals surface area contributed by atoms with Gasteiger partial charge >= 0.3 is 0 Å². The first-order chi connectivity index (χ1) is 33.7. The molecule has 3 heterocycles. The van der Waals surface area contributed by atoms with Crippen molar-refractivity contribution in [2.75, 3.05) is 0 Å². The van der Waals surface area contributed by atoms with E-state index < -0.39 is 0 Å². The van der Waals surface area contributed by atoms with Crippen LogP contribution in [0.2, 0.25) is 0 Å². The fraction of sp³-hybridized carbons (Fsp3) is 0. The van der Waals surface area contributed by atoms with Crippen LogP contribution < -0.4 is 0 Å². The van der Waals surface area contributed by atoms with Crippen LogP contribution in [0, 0.1) is 0 Å². The minimum atomic E-state index is 0.556. The molecule has 14 aromatic rings. The molecule has 0 atom stereocenters. The SMILES string of the molecule is c1ccc(-c2cccc(-c3ccc(-c4nc(-c5ccccc5)nc(-n5c6ccccc6c6ccc7c8ccccc8n(-c8ccc9c%10ccccc%10c%10ccccc%10c9c8)c7c65)n4)cc3)c2)cc1. The first kappa shape index (κ1) is 38.1. The van der Waals surface area contributed by atoms with Gasteiger partial charge in [0.1, 0.15) is 0 Å². The third kappa shape index (κ3) is 5.93. The average molecular weight is 866 g/mol. The van der Waals surface area contributed by atoms with Crippen molar-refractivity contribution in [1.82, 2.24) is 24.1 Å². The molecule has 0 unspecified atom stereocenters. The first-order valence-corrected chi connectivity index (χ1v) is 23.1. The normalized spacial score (nSPS) is 11.8. The Morgan fingerprint density at radius 1 is 0.235 bits per heavy atom. The highest BCUT2D eigenvalue weighted by molar-refractivity contribution is 6.27. The Balaban J connectivity index is 1.02. The molecular weight excluding hydrogens is 827 g/mol. The van der Waals surface area contributed by atoms with Crippen molar-refractivity contribution in [3.8, 4) is 56.7 Å². The summed E-state index contributed by atoms with van der Waals surface area (Å²) in [7, 11) is 0. The van der Waals surface area contributed by atoms with E-state index in [4.69, 9.17) is 15.0 Å². The van der Waals surface area contributed by atoms with E-state index in [1.165, 1.54) is 48.8 Å². The topological polar surface area (TPSA) is 48.5 Å². The van der Waals surface area contributed by atoms with Gasteiger partial charge in [-0.2, -0.15) is 9.97 Å². The highest BCUT2D eigenvalue weighted by atomic mass is 15.2. The number of fused-ring (bicyclic) bond motifs is 13. The molecule has 5 nitrogen and oxygen atoms in total. The zero-order chi connectivity index (χ0) is 44.7. The lowest BCUT2D eigenvalue weighted by Gasteiger charge is -2.15. The number of rotatable bonds is 6. The molecule has 316 valence electrons. The molecule has 0 saturated carbocycles. The van der Waals surface area contributed by atoms with Crippen molar-refractivity contribution in [3.05, 3.63) is 237 Å². The second-order valence-corrected chi connectivity index (χ2v) is 17.6. The summed E-state index contributed by atoms with van der Waals surface area (Å²) >= 11 is 0. The minimum Gasteiger partial charge on any atom is -0.307 e. The van der Waals surface area contributed by atoms with Gasteiger partial charge in [0.15, 0.2) is 11.6 Å². The van der Waals surface area contributed by atoms with Crippen LogP contribution >= 0.6 is 0 Å². The van der Waals surface area contributed by atoms with Crippen molar-refractivity contribution < 1.29 is 0 Å². The minimum absolute atomic E-state index is 0.556. The summed E-state index contributed by atoms with van der Waals surface area (Å²) in [5, 5.41) is 12.1. The van der Waals surface area contributed by atoms with E-state index >= 15 is 0 Å². The molecule has 5 heteroatoms. The van der Waals surface area contributed by atoms with E-state index in [0.29, 0.717) is 17.6 Å². The molecule has 0 saturated heterocycles. The molecule has 14 rings (SSSR count). The van der Waals surface area contributed by atoms with Gasteiger partial charge in [0, 0.05) is 38.4 Å². The van der Waals surface area contributed by atoms with Gasteiger partial charge in [-0.25, -0.2) is 4.98 Å². The van der Waals surface area contributed by atoms with Crippen molar-refractivity contribution in [1.29, 1.82) is 0 Å². The zero-order valence-corrected chi connectivity index (χ0v) is 36.8. The molecule has 0 bridgehead atoms. The van der Waals surface area contributed by atoms with Crippen molar-refractivity contribution in [3.63, 3.8) is 0 Å². The summed E-state index contributed by atoms with van der Waals surface area (Å²) in [5.74, 6) is 1.77. The maximum Gasteiger partial charge on any atom is 0.238 e. The number of nitrogens with zero attached hydrogens (tertiary/aromatic N) is 5. The van der Waals surface area contributed by atoms with Crippen LogP contribution in [0.4, 0.5) is 0 Å². The molecule has 0 aliphatic carbocycles. The molecule has 0 amide bonds. The van der Waals surface area contributed by atoms with Crippen LogP contribution in [0.15, 0.2) is 237 Å². The highest BCUT2D eigenvalue weighted by Crippen LogP contribution is 2.43. The summed E-state index contributed by atoms with van der Waals surface area (Å²) in [6, 6.07) is 84.6. The molecule has 0 aliphatic heterocycles. The lowest BCUT2D eigenvalue weighted by molar-refractivity contribution is 0.953. The van der Waals surface area contributed by atoms with Gasteiger partial charge in [-0.15, -0.1) is 0 Å². The second-order valence-electron chi connectivity index (χ2n) is 17.6. The van der Waals surface area contributed by atoms with Gasteiger partial charge in [-0.3, -0.25) is 4.57 Å². The van der Waals surface area contributed by atoms with E-state index in [0.717, 1.165) is 66.2 Å². The summed E-state index contributed by atoms with van der Waals surface area (Å²) in [4.78, 5) is 16.0. The fourth-order valence-electron chi connectivity index (χ4n) is 10.6. The van der Waals surface area contributed by atoms with E-state index in [9.17, 15) is 0 Å². The van der Waals surface area contributed by atoms with Crippen molar-refractivity contribution in [2.24, 2.45) is 0 Å². The van der Waals surface area contributed by atoms with E-state index in [1.807, 2.05) is 18.2 Å². The van der Waals surface area contributed by atoms with Crippen LogP contribution in [0.5, 0.6) is 0 Å². The average Bonchev–Trinajstić information content (AvgIpc) is 3.94. The quantitative estimate of drug-likeness (QED) is 0.156. The summed E-state index contributed by atoms with van der Waals surface area (Å²) < 4.78 is 4.73. The molecule has 3 aromatic heterocycles. The molecular formula is C63H39N5. The molecule has 0 N–H and O–H groups in total. The largest absolute Gasteiger partial charge is 0.307 e. The number of hydrogen-bond acceptors (Lipinski definition) is 3. The Labute approximate surface area is 391 Å². The van der Waals surface area contributed by atoms with Crippen LogP contribution in [0.1, 0.15) is 0 Å². The number of hydrogen-bond donors (Lipinski definition) is 0. The zero-order valence-electron chi connectivity index (χ0n) is 36.8. The smallest absolute Gasteiger partial charge is 0.238 e. The lowest BCUT2D eigenvalue weighted by atomic mass is 9.94. The highest BCUT2D eigenvalue weighted by Gasteiger charge is 2.24. The van der Waals surface area contributed by atoms with Gasteiger partial charge in [-0.05, 0) is 84.9 Å². The molecule has 68 heavy (non-hydrogen) atoms. The monoisotopic (exact) mass is 865 g/mol. The van der Waals surface area contributed by atoms with E-state index in [2.05, 4.69) is 228 Å². The Hall–Kier alpha value is -9.19. The standard InChI is InChI=1S/C63H39N5/c1-3-16-40(17-4-1)44-20-15-21-45(38-44)41-30-32-43(33-31-41)62-64-61(42-18-5-2-6-19-42)65-63(66-62)68-58-29-14-12-27-53(58)55-37-36-54-52-26-11-13-28-57(52)67(59(54)60(55)68)46-34-35-51-49-24-8-7-22-47(49)48-23-9-10-25-50(48)56(51)39-46/h1-39H. The Bertz CT molecular complexity index is 4270. The van der Waals surface area contributed by atoms with Crippen molar-refractivity contribution in [2.45, 2.75) is 0 Å². The maximum absolute atomic E-state index is 5.43. The lowest BCUT2D eigenvalue weighted by Crippen LogP contribution is -2.07. The second kappa shape index (κ2) is 15.2. The predicted octanol–water partition coefficient (Wildman–Crippen LogP) is 16.2. The molecule has 0 spiro atoms. The van der Waals surface area contributed by atoms with Crippen LogP contribution in [-0.4, -0.2) is 24.1 Å². The summed E-state index contributed by atoms with van der Waals surface area (Å²) in [6.07, 6.45) is 0. The van der Waals surface area contributed by atoms with Gasteiger partial charge in [-0.1, -0.05) is 206 Å². The first-order valence-electron chi connectivity index (χ1n) is 23.1. The van der Waals surface area contributed by atoms with Gasteiger partial charge in [0.25, 0.3) is 0 Å². The summed E-state index contributed by atoms with van der Waals surface area (Å²) in [6.45, 7) is 0. The molecule has 11 aromatic carbocycles. The van der Waals surface area contributed by atoms with Crippen LogP contribution in [-0.2, 0) is 0 Å². The third-order valence-electron chi connectivity index (χ3n) is 13.8. The summed E-state index contributed by atoms with van der Waals surface area (Å²) in [5.41, 5.74) is 11.8. The Kier molecular flexibility index (Phi) is 8.52. The molecule has 0 fully saturated rings. The fourth-order valence-corrected chi connectivity index (χ4v) is 10.6. The maximum atomic E-state index is 5.43. The number of aromatic nitrogens is 5. The van der Waals surface area contributed by atoms with Gasteiger partial charge in [0.2, 0.25) is 5.95 Å². The van der Waals surface area contributed by atoms with Gasteiger partial charge in [0.05, 0.1) is 22.1 Å². The number of benzene rings is 11. The molecule has 0 aliphatic rings. The predicted molar refractivity (Wildman–Crippen MR) is 283 cm³/mol. The Morgan fingerprint density at radius 2 is 0.632 bits per heavy atom. The Morgan fingerprint density at radius 3 is 1.22 bits per heavy atom. The molecule has 0 radical (unpaired) electrons. The number of para-hydroxylation sites is 2. The van der Waals surface area contributed by atoms with E-state index in [1.54, 1.807) is 0 Å².